The summed E-state index contributed by atoms with van der Waals surface area (Å²) in [6, 6.07) is 8.74. The molecule has 1 heterocycles. The minimum atomic E-state index is -4.28. The maximum absolute atomic E-state index is 13.7. The van der Waals surface area contributed by atoms with Gasteiger partial charge in [-0.05, 0) is 37.3 Å². The smallest absolute Gasteiger partial charge is 0.243 e. The molecule has 3 rings (SSSR count). The van der Waals surface area contributed by atoms with Crippen LogP contribution in [0.4, 0.5) is 14.5 Å². The molecule has 1 aliphatic heterocycles. The zero-order valence-corrected chi connectivity index (χ0v) is 14.2. The van der Waals surface area contributed by atoms with Crippen molar-refractivity contribution in [2.24, 2.45) is 0 Å². The molecule has 2 aromatic rings. The van der Waals surface area contributed by atoms with Crippen molar-refractivity contribution < 1.29 is 22.0 Å². The Morgan fingerprint density at radius 3 is 2.48 bits per heavy atom. The van der Waals surface area contributed by atoms with Gasteiger partial charge in [0, 0.05) is 24.7 Å². The summed E-state index contributed by atoms with van der Waals surface area (Å²) in [5.74, 6) is -2.14. The number of carbonyl (C=O) groups is 1. The second-order valence-corrected chi connectivity index (χ2v) is 7.62. The molecule has 0 aliphatic carbocycles. The normalized spacial score (nSPS) is 18.0. The lowest BCUT2D eigenvalue weighted by molar-refractivity contribution is -0.117. The van der Waals surface area contributed by atoms with Crippen LogP contribution >= 0.6 is 0 Å². The van der Waals surface area contributed by atoms with Gasteiger partial charge in [-0.15, -0.1) is 0 Å². The number of hydrogen-bond donors (Lipinski definition) is 1. The Morgan fingerprint density at radius 1 is 1.12 bits per heavy atom. The maximum atomic E-state index is 13.7. The molecule has 5 nitrogen and oxygen atoms in total. The molecule has 1 atom stereocenters. The number of nitrogens with one attached hydrogen (secondary N) is 1. The van der Waals surface area contributed by atoms with E-state index in [4.69, 9.17) is 0 Å². The van der Waals surface area contributed by atoms with E-state index in [1.807, 2.05) is 19.1 Å². The molecule has 1 unspecified atom stereocenters. The van der Waals surface area contributed by atoms with Crippen molar-refractivity contribution in [2.45, 2.75) is 24.3 Å². The van der Waals surface area contributed by atoms with Crippen LogP contribution in [0.5, 0.6) is 0 Å². The van der Waals surface area contributed by atoms with Crippen molar-refractivity contribution in [2.75, 3.05) is 11.4 Å². The molecular formula is C17H16F2N2O3S. The van der Waals surface area contributed by atoms with Gasteiger partial charge in [0.05, 0.1) is 0 Å². The summed E-state index contributed by atoms with van der Waals surface area (Å²) in [5, 5.41) is 0. The number of nitrogens with zero attached hydrogens (tertiary/aromatic N) is 1. The van der Waals surface area contributed by atoms with Crippen molar-refractivity contribution in [1.29, 1.82) is 0 Å². The summed E-state index contributed by atoms with van der Waals surface area (Å²) in [4.78, 5) is 12.9. The lowest BCUT2D eigenvalue weighted by Crippen LogP contribution is -2.37. The van der Waals surface area contributed by atoms with Crippen LogP contribution in [0.15, 0.2) is 47.4 Å². The lowest BCUT2D eigenvalue weighted by atomic mass is 10.2. The first-order chi connectivity index (χ1) is 11.8. The van der Waals surface area contributed by atoms with Gasteiger partial charge in [0.15, 0.2) is 0 Å². The maximum Gasteiger partial charge on any atom is 0.243 e. The highest BCUT2D eigenvalue weighted by atomic mass is 32.2. The van der Waals surface area contributed by atoms with Crippen molar-refractivity contribution in [3.8, 4) is 0 Å². The molecule has 1 saturated heterocycles. The molecule has 25 heavy (non-hydrogen) atoms. The molecule has 0 spiro atoms. The standard InChI is InChI=1S/C17H16F2N2O3S/c1-11-2-5-14(6-3-11)21-10-13(9-17(21)22)20-25(23,24)16-8-12(18)4-7-15(16)19/h2-8,13,20H,9-10H2,1H3. The largest absolute Gasteiger partial charge is 0.311 e. The molecular weight excluding hydrogens is 350 g/mol. The predicted molar refractivity (Wildman–Crippen MR) is 88.6 cm³/mol. The van der Waals surface area contributed by atoms with Crippen molar-refractivity contribution in [1.82, 2.24) is 4.72 Å². The molecule has 1 N–H and O–H groups in total. The predicted octanol–water partition coefficient (Wildman–Crippen LogP) is 2.36. The average molecular weight is 366 g/mol. The van der Waals surface area contributed by atoms with Crippen molar-refractivity contribution in [3.05, 3.63) is 59.7 Å². The molecule has 1 aliphatic rings. The average Bonchev–Trinajstić information content (AvgIpc) is 2.90. The van der Waals surface area contributed by atoms with Crippen LogP contribution in [0.1, 0.15) is 12.0 Å². The zero-order chi connectivity index (χ0) is 18.2. The van der Waals surface area contributed by atoms with Crippen LogP contribution < -0.4 is 9.62 Å². The van der Waals surface area contributed by atoms with Crippen LogP contribution in [0.3, 0.4) is 0 Å². The Labute approximate surface area is 144 Å². The topological polar surface area (TPSA) is 66.5 Å². The Morgan fingerprint density at radius 2 is 1.80 bits per heavy atom. The molecule has 0 radical (unpaired) electrons. The Balaban J connectivity index is 1.79. The third-order valence-electron chi connectivity index (χ3n) is 3.98. The molecule has 0 aromatic heterocycles. The fourth-order valence-electron chi connectivity index (χ4n) is 2.73. The SMILES string of the molecule is Cc1ccc(N2CC(NS(=O)(=O)c3cc(F)ccc3F)CC2=O)cc1. The van der Waals surface area contributed by atoms with Gasteiger partial charge in [-0.1, -0.05) is 17.7 Å². The first-order valence-corrected chi connectivity index (χ1v) is 9.09. The first-order valence-electron chi connectivity index (χ1n) is 7.61. The summed E-state index contributed by atoms with van der Waals surface area (Å²) in [5.41, 5.74) is 1.70. The second-order valence-electron chi connectivity index (χ2n) is 5.94. The van der Waals surface area contributed by atoms with Gasteiger partial charge in [0.1, 0.15) is 16.5 Å². The second kappa shape index (κ2) is 6.53. The molecule has 2 aromatic carbocycles. The van der Waals surface area contributed by atoms with Crippen molar-refractivity contribution in [3.63, 3.8) is 0 Å². The highest BCUT2D eigenvalue weighted by molar-refractivity contribution is 7.89. The van der Waals surface area contributed by atoms with Gasteiger partial charge in [-0.2, -0.15) is 0 Å². The van der Waals surface area contributed by atoms with Crippen LogP contribution in [-0.4, -0.2) is 26.9 Å². The zero-order valence-electron chi connectivity index (χ0n) is 13.4. The minimum Gasteiger partial charge on any atom is -0.311 e. The van der Waals surface area contributed by atoms with Crippen LogP contribution in [0.2, 0.25) is 0 Å². The number of halogens is 2. The van der Waals surface area contributed by atoms with E-state index in [0.717, 1.165) is 17.7 Å². The van der Waals surface area contributed by atoms with Gasteiger partial charge in [0.2, 0.25) is 15.9 Å². The summed E-state index contributed by atoms with van der Waals surface area (Å²) in [7, 11) is -4.28. The number of rotatable bonds is 4. The monoisotopic (exact) mass is 366 g/mol. The number of carbonyl (C=O) groups excluding carboxylic acids is 1. The number of aryl methyl sites for hydroxylation is 1. The van der Waals surface area contributed by atoms with E-state index in [9.17, 15) is 22.0 Å². The highest BCUT2D eigenvalue weighted by Crippen LogP contribution is 2.24. The Bertz CT molecular complexity index is 914. The van der Waals surface area contributed by atoms with E-state index < -0.39 is 32.6 Å². The van der Waals surface area contributed by atoms with Gasteiger partial charge in [-0.25, -0.2) is 21.9 Å². The van der Waals surface area contributed by atoms with E-state index >= 15 is 0 Å². The molecule has 1 amide bonds. The van der Waals surface area contributed by atoms with Crippen molar-refractivity contribution >= 4 is 21.6 Å². The quantitative estimate of drug-likeness (QED) is 0.903. The molecule has 1 fully saturated rings. The summed E-state index contributed by atoms with van der Waals surface area (Å²) in [6.07, 6.45) is -0.0515. The number of sulfonamides is 1. The summed E-state index contributed by atoms with van der Waals surface area (Å²) in [6.45, 7) is 2.04. The van der Waals surface area contributed by atoms with Crippen LogP contribution in [0, 0.1) is 18.6 Å². The number of hydrogen-bond acceptors (Lipinski definition) is 3. The summed E-state index contributed by atoms with van der Waals surface area (Å²) >= 11 is 0. The van der Waals surface area contributed by atoms with E-state index in [1.165, 1.54) is 4.90 Å². The number of anilines is 1. The van der Waals surface area contributed by atoms with Gasteiger partial charge in [0.25, 0.3) is 0 Å². The lowest BCUT2D eigenvalue weighted by Gasteiger charge is -2.17. The van der Waals surface area contributed by atoms with Crippen LogP contribution in [0.25, 0.3) is 0 Å². The fraction of sp³-hybridized carbons (Fsp3) is 0.235. The number of amides is 1. The minimum absolute atomic E-state index is 0.0515. The third kappa shape index (κ3) is 3.69. The summed E-state index contributed by atoms with van der Waals surface area (Å²) < 4.78 is 53.9. The van der Waals surface area contributed by atoms with Crippen LogP contribution in [-0.2, 0) is 14.8 Å². The fourth-order valence-corrected chi connectivity index (χ4v) is 4.04. The third-order valence-corrected chi connectivity index (χ3v) is 5.51. The number of benzene rings is 2. The molecule has 132 valence electrons. The molecule has 8 heteroatoms. The highest BCUT2D eigenvalue weighted by Gasteiger charge is 2.34. The Hall–Kier alpha value is -2.32. The van der Waals surface area contributed by atoms with E-state index in [1.54, 1.807) is 12.1 Å². The van der Waals surface area contributed by atoms with E-state index in [-0.39, 0.29) is 18.9 Å². The molecule has 0 saturated carbocycles. The Kier molecular flexibility index (Phi) is 4.57. The van der Waals surface area contributed by atoms with E-state index in [2.05, 4.69) is 4.72 Å². The van der Waals surface area contributed by atoms with Gasteiger partial charge >= 0.3 is 0 Å². The molecule has 0 bridgehead atoms. The van der Waals surface area contributed by atoms with Gasteiger partial charge in [-0.3, -0.25) is 4.79 Å². The van der Waals surface area contributed by atoms with E-state index in [0.29, 0.717) is 11.8 Å². The van der Waals surface area contributed by atoms with Gasteiger partial charge < -0.3 is 4.90 Å². The first kappa shape index (κ1) is 17.5.